The summed E-state index contributed by atoms with van der Waals surface area (Å²) in [6.45, 7) is 3.54. The second kappa shape index (κ2) is 5.52. The largest absolute Gasteiger partial charge is 0.475 e. The van der Waals surface area contributed by atoms with E-state index in [0.29, 0.717) is 22.7 Å². The van der Waals surface area contributed by atoms with E-state index in [4.69, 9.17) is 9.52 Å². The highest BCUT2D eigenvalue weighted by Gasteiger charge is 2.13. The third-order valence-electron chi connectivity index (χ3n) is 2.64. The van der Waals surface area contributed by atoms with Crippen LogP contribution in [0.4, 0.5) is 0 Å². The lowest BCUT2D eigenvalue weighted by atomic mass is 10.2. The van der Waals surface area contributed by atoms with Crippen LogP contribution in [0.1, 0.15) is 38.1 Å². The SMILES string of the molecule is Cc1cc(C(=O)NCc2ccc(C(=O)O)o2)c(C)nn1. The van der Waals surface area contributed by atoms with Crippen molar-refractivity contribution in [1.29, 1.82) is 0 Å². The number of carbonyl (C=O) groups excluding carboxylic acids is 1. The molecule has 7 nitrogen and oxygen atoms in total. The van der Waals surface area contributed by atoms with Crippen LogP contribution in [-0.2, 0) is 6.54 Å². The van der Waals surface area contributed by atoms with Crippen molar-refractivity contribution in [3.05, 3.63) is 46.7 Å². The van der Waals surface area contributed by atoms with Gasteiger partial charge in [-0.1, -0.05) is 0 Å². The lowest BCUT2D eigenvalue weighted by molar-refractivity contribution is 0.0660. The van der Waals surface area contributed by atoms with Crippen LogP contribution < -0.4 is 5.32 Å². The summed E-state index contributed by atoms with van der Waals surface area (Å²) in [6.07, 6.45) is 0. The molecule has 2 rings (SSSR count). The number of furan rings is 1. The van der Waals surface area contributed by atoms with Crippen LogP contribution in [-0.4, -0.2) is 27.2 Å². The van der Waals surface area contributed by atoms with E-state index in [0.717, 1.165) is 0 Å². The zero-order chi connectivity index (χ0) is 14.7. The van der Waals surface area contributed by atoms with Crippen molar-refractivity contribution in [3.8, 4) is 0 Å². The molecule has 2 aromatic heterocycles. The van der Waals surface area contributed by atoms with Crippen LogP contribution in [0.25, 0.3) is 0 Å². The fraction of sp³-hybridized carbons (Fsp3) is 0.231. The Labute approximate surface area is 114 Å². The molecular weight excluding hydrogens is 262 g/mol. The number of rotatable bonds is 4. The number of carbonyl (C=O) groups is 2. The summed E-state index contributed by atoms with van der Waals surface area (Å²) in [5.74, 6) is -1.25. The summed E-state index contributed by atoms with van der Waals surface area (Å²) in [6, 6.07) is 4.49. The van der Waals surface area contributed by atoms with E-state index in [1.807, 2.05) is 0 Å². The van der Waals surface area contributed by atoms with Gasteiger partial charge in [0.1, 0.15) is 5.76 Å². The molecule has 0 aliphatic carbocycles. The van der Waals surface area contributed by atoms with Crippen LogP contribution in [0.15, 0.2) is 22.6 Å². The van der Waals surface area contributed by atoms with Crippen LogP contribution in [0.3, 0.4) is 0 Å². The van der Waals surface area contributed by atoms with Gasteiger partial charge in [0.25, 0.3) is 5.91 Å². The Morgan fingerprint density at radius 2 is 2.05 bits per heavy atom. The third kappa shape index (κ3) is 3.00. The summed E-state index contributed by atoms with van der Waals surface area (Å²) in [5.41, 5.74) is 1.60. The molecule has 0 aliphatic heterocycles. The normalized spacial score (nSPS) is 10.3. The van der Waals surface area contributed by atoms with Gasteiger partial charge < -0.3 is 14.8 Å². The number of carboxylic acid groups (broad SMARTS) is 1. The van der Waals surface area contributed by atoms with Gasteiger partial charge in [-0.3, -0.25) is 4.79 Å². The molecule has 104 valence electrons. The van der Waals surface area contributed by atoms with Crippen molar-refractivity contribution in [2.75, 3.05) is 0 Å². The molecule has 0 radical (unpaired) electrons. The van der Waals surface area contributed by atoms with Crippen molar-refractivity contribution in [2.45, 2.75) is 20.4 Å². The van der Waals surface area contributed by atoms with Crippen LogP contribution in [0, 0.1) is 13.8 Å². The molecule has 0 unspecified atom stereocenters. The molecule has 0 fully saturated rings. The molecule has 7 heteroatoms. The zero-order valence-corrected chi connectivity index (χ0v) is 11.0. The van der Waals surface area contributed by atoms with Gasteiger partial charge in [-0.2, -0.15) is 10.2 Å². The number of hydrogen-bond acceptors (Lipinski definition) is 5. The minimum Gasteiger partial charge on any atom is -0.475 e. The highest BCUT2D eigenvalue weighted by atomic mass is 16.4. The van der Waals surface area contributed by atoms with E-state index in [1.54, 1.807) is 19.9 Å². The quantitative estimate of drug-likeness (QED) is 0.871. The second-order valence-corrected chi connectivity index (χ2v) is 4.24. The number of aromatic nitrogens is 2. The van der Waals surface area contributed by atoms with E-state index in [2.05, 4.69) is 15.5 Å². The smallest absolute Gasteiger partial charge is 0.371 e. The number of carboxylic acids is 1. The van der Waals surface area contributed by atoms with Crippen molar-refractivity contribution in [2.24, 2.45) is 0 Å². The molecule has 0 saturated carbocycles. The Kier molecular flexibility index (Phi) is 3.79. The van der Waals surface area contributed by atoms with Gasteiger partial charge in [-0.05, 0) is 32.0 Å². The molecule has 2 heterocycles. The monoisotopic (exact) mass is 275 g/mol. The maximum atomic E-state index is 12.0. The Morgan fingerprint density at radius 1 is 1.30 bits per heavy atom. The van der Waals surface area contributed by atoms with Gasteiger partial charge in [0, 0.05) is 0 Å². The highest BCUT2D eigenvalue weighted by molar-refractivity contribution is 5.95. The Hall–Kier alpha value is -2.70. The fourth-order valence-corrected chi connectivity index (χ4v) is 1.63. The van der Waals surface area contributed by atoms with Gasteiger partial charge in [0.05, 0.1) is 23.5 Å². The summed E-state index contributed by atoms with van der Waals surface area (Å²) in [4.78, 5) is 22.7. The predicted octanol–water partition coefficient (Wildman–Crippen LogP) is 1.31. The van der Waals surface area contributed by atoms with Crippen molar-refractivity contribution in [3.63, 3.8) is 0 Å². The predicted molar refractivity (Wildman–Crippen MR) is 68.3 cm³/mol. The minimum absolute atomic E-state index is 0.104. The molecular formula is C13H13N3O4. The first-order valence-corrected chi connectivity index (χ1v) is 5.88. The Morgan fingerprint density at radius 3 is 2.70 bits per heavy atom. The maximum Gasteiger partial charge on any atom is 0.371 e. The topological polar surface area (TPSA) is 105 Å². The third-order valence-corrected chi connectivity index (χ3v) is 2.64. The zero-order valence-electron chi connectivity index (χ0n) is 11.0. The van der Waals surface area contributed by atoms with E-state index >= 15 is 0 Å². The second-order valence-electron chi connectivity index (χ2n) is 4.24. The highest BCUT2D eigenvalue weighted by Crippen LogP contribution is 2.09. The molecule has 20 heavy (non-hydrogen) atoms. The van der Waals surface area contributed by atoms with Crippen molar-refractivity contribution < 1.29 is 19.1 Å². The number of nitrogens with one attached hydrogen (secondary N) is 1. The minimum atomic E-state index is -1.15. The number of aromatic carboxylic acids is 1. The summed E-state index contributed by atoms with van der Waals surface area (Å²) < 4.78 is 5.04. The summed E-state index contributed by atoms with van der Waals surface area (Å²) >= 11 is 0. The Balaban J connectivity index is 2.04. The fourth-order valence-electron chi connectivity index (χ4n) is 1.63. The van der Waals surface area contributed by atoms with Gasteiger partial charge in [-0.15, -0.1) is 0 Å². The van der Waals surface area contributed by atoms with Crippen LogP contribution >= 0.6 is 0 Å². The van der Waals surface area contributed by atoms with E-state index in [-0.39, 0.29) is 18.2 Å². The van der Waals surface area contributed by atoms with Gasteiger partial charge in [0.2, 0.25) is 5.76 Å². The first kappa shape index (κ1) is 13.7. The number of aryl methyl sites for hydroxylation is 2. The van der Waals surface area contributed by atoms with Gasteiger partial charge >= 0.3 is 5.97 Å². The first-order valence-electron chi connectivity index (χ1n) is 5.88. The summed E-state index contributed by atoms with van der Waals surface area (Å²) in [5, 5.41) is 19.1. The maximum absolute atomic E-state index is 12.0. The van der Waals surface area contributed by atoms with Crippen LogP contribution in [0.2, 0.25) is 0 Å². The molecule has 0 aromatic carbocycles. The van der Waals surface area contributed by atoms with E-state index < -0.39 is 5.97 Å². The molecule has 0 spiro atoms. The lowest BCUT2D eigenvalue weighted by Gasteiger charge is -2.05. The average molecular weight is 275 g/mol. The molecule has 0 aliphatic rings. The summed E-state index contributed by atoms with van der Waals surface area (Å²) in [7, 11) is 0. The number of nitrogens with zero attached hydrogens (tertiary/aromatic N) is 2. The molecule has 2 N–H and O–H groups in total. The average Bonchev–Trinajstić information content (AvgIpc) is 2.88. The van der Waals surface area contributed by atoms with Gasteiger partial charge in [-0.25, -0.2) is 4.79 Å². The van der Waals surface area contributed by atoms with Crippen molar-refractivity contribution >= 4 is 11.9 Å². The van der Waals surface area contributed by atoms with E-state index in [9.17, 15) is 9.59 Å². The number of amides is 1. The molecule has 1 amide bonds. The van der Waals surface area contributed by atoms with E-state index in [1.165, 1.54) is 12.1 Å². The van der Waals surface area contributed by atoms with Crippen molar-refractivity contribution in [1.82, 2.24) is 15.5 Å². The standard InChI is InChI=1S/C13H13N3O4/c1-7-5-10(8(2)16-15-7)12(17)14-6-9-3-4-11(20-9)13(18)19/h3-5H,6H2,1-2H3,(H,14,17)(H,18,19). The van der Waals surface area contributed by atoms with Gasteiger partial charge in [0.15, 0.2) is 0 Å². The molecule has 2 aromatic rings. The molecule has 0 atom stereocenters. The number of hydrogen-bond donors (Lipinski definition) is 2. The first-order chi connectivity index (χ1) is 9.47. The molecule has 0 bridgehead atoms. The molecule has 0 saturated heterocycles. The van der Waals surface area contributed by atoms with Crippen LogP contribution in [0.5, 0.6) is 0 Å². The lowest BCUT2D eigenvalue weighted by Crippen LogP contribution is -2.24. The Bertz CT molecular complexity index is 663.